The van der Waals surface area contributed by atoms with Gasteiger partial charge in [0.25, 0.3) is 5.91 Å². The van der Waals surface area contributed by atoms with Gasteiger partial charge in [-0.15, -0.1) is 0 Å². The van der Waals surface area contributed by atoms with Gasteiger partial charge in [0.05, 0.1) is 35.1 Å². The summed E-state index contributed by atoms with van der Waals surface area (Å²) in [6.45, 7) is 3.23. The number of amides is 3. The predicted octanol–water partition coefficient (Wildman–Crippen LogP) is 4.74. The number of hydrazone groups is 1. The van der Waals surface area contributed by atoms with Crippen molar-refractivity contribution in [1.29, 1.82) is 0 Å². The van der Waals surface area contributed by atoms with Crippen LogP contribution in [0.2, 0.25) is 0 Å². The van der Waals surface area contributed by atoms with Gasteiger partial charge in [-0.25, -0.2) is 19.4 Å². The molecule has 11 nitrogen and oxygen atoms in total. The first-order chi connectivity index (χ1) is 21.2. The van der Waals surface area contributed by atoms with Crippen LogP contribution in [0.25, 0.3) is 0 Å². The van der Waals surface area contributed by atoms with E-state index in [4.69, 9.17) is 18.9 Å². The molecule has 0 aliphatic carbocycles. The first-order valence-corrected chi connectivity index (χ1v) is 14.5. The number of nitrogens with zero attached hydrogens (tertiary/aromatic N) is 1. The van der Waals surface area contributed by atoms with E-state index >= 15 is 0 Å². The van der Waals surface area contributed by atoms with Gasteiger partial charge in [0, 0.05) is 11.3 Å². The molecule has 0 unspecified atom stereocenters. The van der Waals surface area contributed by atoms with Crippen LogP contribution in [0.15, 0.2) is 77.0 Å². The van der Waals surface area contributed by atoms with Crippen molar-refractivity contribution in [2.24, 2.45) is 5.10 Å². The molecule has 230 valence electrons. The minimum Gasteiger partial charge on any atom is -0.493 e. The van der Waals surface area contributed by atoms with Gasteiger partial charge in [-0.1, -0.05) is 24.3 Å². The van der Waals surface area contributed by atoms with E-state index in [0.29, 0.717) is 33.9 Å². The Hall–Kier alpha value is -4.66. The molecule has 0 radical (unpaired) electrons. The van der Waals surface area contributed by atoms with Crippen LogP contribution in [0.4, 0.5) is 9.18 Å². The van der Waals surface area contributed by atoms with E-state index in [0.717, 1.165) is 3.57 Å². The maximum Gasteiger partial charge on any atom is 0.338 e. The molecule has 0 saturated carbocycles. The van der Waals surface area contributed by atoms with Crippen LogP contribution in [0.3, 0.4) is 0 Å². The number of halogens is 2. The smallest absolute Gasteiger partial charge is 0.338 e. The van der Waals surface area contributed by atoms with Crippen LogP contribution in [-0.4, -0.2) is 44.4 Å². The van der Waals surface area contributed by atoms with E-state index in [1.54, 1.807) is 62.4 Å². The van der Waals surface area contributed by atoms with Crippen LogP contribution in [0.5, 0.6) is 17.2 Å². The fourth-order valence-electron chi connectivity index (χ4n) is 4.25. The number of methoxy groups -OCH3 is 1. The van der Waals surface area contributed by atoms with Crippen molar-refractivity contribution in [2.75, 3.05) is 20.3 Å². The Kier molecular flexibility index (Phi) is 11.1. The number of urea groups is 1. The fourth-order valence-corrected chi connectivity index (χ4v) is 4.94. The van der Waals surface area contributed by atoms with Gasteiger partial charge in [-0.2, -0.15) is 5.10 Å². The molecule has 4 rings (SSSR count). The number of esters is 1. The van der Waals surface area contributed by atoms with Crippen molar-refractivity contribution in [3.8, 4) is 17.2 Å². The highest BCUT2D eigenvalue weighted by molar-refractivity contribution is 14.1. The maximum atomic E-state index is 13.8. The third kappa shape index (κ3) is 8.24. The van der Waals surface area contributed by atoms with Crippen molar-refractivity contribution in [2.45, 2.75) is 26.5 Å². The molecule has 3 amide bonds. The predicted molar refractivity (Wildman–Crippen MR) is 168 cm³/mol. The van der Waals surface area contributed by atoms with E-state index in [9.17, 15) is 18.8 Å². The standard InChI is InChI=1S/C31H30FIN4O7/c1-4-42-30(39)28-18(2)35-31(40)36-29(28)20-10-12-25(26(14-20)41-3)44-17-27(38)37-34-15-19-9-11-24(23(33)13-19)43-16-21-7-5-6-8-22(21)32/h5-15,29H,4,16-17H2,1-3H3,(H,37,38)(H2,35,36,40)/b34-15-/t29-/m0/s1. The molecule has 1 aliphatic heterocycles. The number of hydrogen-bond acceptors (Lipinski definition) is 8. The number of carbonyl (C=O) groups excluding carboxylic acids is 3. The molecule has 0 aromatic heterocycles. The van der Waals surface area contributed by atoms with Gasteiger partial charge in [-0.05, 0) is 84.0 Å². The largest absolute Gasteiger partial charge is 0.493 e. The lowest BCUT2D eigenvalue weighted by molar-refractivity contribution is -0.139. The second-order valence-electron chi connectivity index (χ2n) is 9.35. The van der Waals surface area contributed by atoms with Crippen LogP contribution in [-0.2, 0) is 20.9 Å². The van der Waals surface area contributed by atoms with Gasteiger partial charge in [0.15, 0.2) is 18.1 Å². The third-order valence-electron chi connectivity index (χ3n) is 6.34. The van der Waals surface area contributed by atoms with E-state index in [1.165, 1.54) is 19.4 Å². The van der Waals surface area contributed by atoms with E-state index in [-0.39, 0.29) is 37.0 Å². The lowest BCUT2D eigenvalue weighted by Crippen LogP contribution is -2.45. The van der Waals surface area contributed by atoms with Crippen molar-refractivity contribution < 1.29 is 37.7 Å². The Morgan fingerprint density at radius 2 is 1.84 bits per heavy atom. The average molecular weight is 717 g/mol. The van der Waals surface area contributed by atoms with E-state index in [2.05, 4.69) is 43.8 Å². The Labute approximate surface area is 266 Å². The fraction of sp³-hybridized carbons (Fsp3) is 0.226. The third-order valence-corrected chi connectivity index (χ3v) is 7.19. The van der Waals surface area contributed by atoms with Crippen molar-refractivity contribution in [3.63, 3.8) is 0 Å². The molecule has 0 bridgehead atoms. The minimum absolute atomic E-state index is 0.0969. The zero-order valence-corrected chi connectivity index (χ0v) is 26.3. The van der Waals surface area contributed by atoms with Crippen molar-refractivity contribution in [3.05, 3.63) is 98.0 Å². The molecule has 0 saturated heterocycles. The van der Waals surface area contributed by atoms with Crippen LogP contribution in [0, 0.1) is 9.39 Å². The van der Waals surface area contributed by atoms with Crippen molar-refractivity contribution >= 4 is 46.7 Å². The maximum absolute atomic E-state index is 13.8. The number of ether oxygens (including phenoxy) is 4. The Morgan fingerprint density at radius 1 is 1.07 bits per heavy atom. The van der Waals surface area contributed by atoms with E-state index < -0.39 is 23.9 Å². The molecule has 44 heavy (non-hydrogen) atoms. The molecule has 0 fully saturated rings. The molecule has 3 aromatic rings. The molecule has 1 heterocycles. The summed E-state index contributed by atoms with van der Waals surface area (Å²) in [6.07, 6.45) is 1.47. The number of hydrogen-bond donors (Lipinski definition) is 3. The summed E-state index contributed by atoms with van der Waals surface area (Å²) in [5.41, 5.74) is 4.77. The minimum atomic E-state index is -0.779. The normalized spacial score (nSPS) is 14.5. The molecular formula is C31H30FIN4O7. The lowest BCUT2D eigenvalue weighted by Gasteiger charge is -2.28. The van der Waals surface area contributed by atoms with Crippen LogP contribution in [0.1, 0.15) is 36.6 Å². The van der Waals surface area contributed by atoms with Gasteiger partial charge < -0.3 is 29.6 Å². The summed E-state index contributed by atoms with van der Waals surface area (Å²) in [6, 6.07) is 15.3. The topological polar surface area (TPSA) is 137 Å². The average Bonchev–Trinajstić information content (AvgIpc) is 3.00. The Bertz CT molecular complexity index is 1610. The quantitative estimate of drug-likeness (QED) is 0.107. The number of carbonyl (C=O) groups is 3. The molecule has 3 N–H and O–H groups in total. The highest BCUT2D eigenvalue weighted by Crippen LogP contribution is 2.34. The summed E-state index contributed by atoms with van der Waals surface area (Å²) >= 11 is 2.11. The zero-order chi connectivity index (χ0) is 31.6. The summed E-state index contributed by atoms with van der Waals surface area (Å²) in [7, 11) is 1.43. The van der Waals surface area contributed by atoms with Gasteiger partial charge in [-0.3, -0.25) is 4.79 Å². The van der Waals surface area contributed by atoms with Gasteiger partial charge in [0.1, 0.15) is 18.2 Å². The highest BCUT2D eigenvalue weighted by atomic mass is 127. The molecule has 3 aromatic carbocycles. The number of rotatable bonds is 12. The highest BCUT2D eigenvalue weighted by Gasteiger charge is 2.32. The zero-order valence-electron chi connectivity index (χ0n) is 24.1. The second-order valence-corrected chi connectivity index (χ2v) is 10.5. The van der Waals surface area contributed by atoms with E-state index in [1.807, 2.05) is 6.07 Å². The van der Waals surface area contributed by atoms with Crippen molar-refractivity contribution in [1.82, 2.24) is 16.1 Å². The number of nitrogens with one attached hydrogen (secondary N) is 3. The van der Waals surface area contributed by atoms with Crippen LogP contribution < -0.4 is 30.3 Å². The summed E-state index contributed by atoms with van der Waals surface area (Å²) < 4.78 is 36.6. The summed E-state index contributed by atoms with van der Waals surface area (Å²) in [5.74, 6) is -0.243. The number of benzene rings is 3. The monoisotopic (exact) mass is 716 g/mol. The molecule has 0 spiro atoms. The SMILES string of the molecule is CCOC(=O)C1=C(C)NC(=O)N[C@H]1c1ccc(OCC(=O)N/N=C\c2ccc(OCc3ccccc3F)c(I)c2)c(OC)c1. The summed E-state index contributed by atoms with van der Waals surface area (Å²) in [5, 5.41) is 9.29. The second kappa shape index (κ2) is 15.2. The lowest BCUT2D eigenvalue weighted by atomic mass is 9.95. The molecule has 1 aliphatic rings. The molecule has 13 heteroatoms. The molecular weight excluding hydrogens is 686 g/mol. The first-order valence-electron chi connectivity index (χ1n) is 13.4. The first kappa shape index (κ1) is 32.3. The molecule has 1 atom stereocenters. The Morgan fingerprint density at radius 3 is 2.57 bits per heavy atom. The van der Waals surface area contributed by atoms with Crippen LogP contribution >= 0.6 is 22.6 Å². The Balaban J connectivity index is 1.34. The van der Waals surface area contributed by atoms with Gasteiger partial charge >= 0.3 is 12.0 Å². The van der Waals surface area contributed by atoms with Gasteiger partial charge in [0.2, 0.25) is 0 Å². The number of allylic oxidation sites excluding steroid dienone is 1. The summed E-state index contributed by atoms with van der Waals surface area (Å²) in [4.78, 5) is 37.1.